The average Bonchev–Trinajstić information content (AvgIpc) is 3.04. The Morgan fingerprint density at radius 1 is 1.09 bits per heavy atom. The van der Waals surface area contributed by atoms with Gasteiger partial charge in [0.25, 0.3) is 0 Å². The first kappa shape index (κ1) is 24.0. The Labute approximate surface area is 199 Å². The summed E-state index contributed by atoms with van der Waals surface area (Å²) in [6.45, 7) is 0.451. The second kappa shape index (κ2) is 10.0. The van der Waals surface area contributed by atoms with Crippen LogP contribution in [0.4, 0.5) is 11.4 Å². The van der Waals surface area contributed by atoms with Crippen LogP contribution in [0.2, 0.25) is 0 Å². The molecule has 34 heavy (non-hydrogen) atoms. The van der Waals surface area contributed by atoms with Crippen molar-refractivity contribution in [1.82, 2.24) is 4.31 Å². The van der Waals surface area contributed by atoms with Crippen LogP contribution >= 0.6 is 0 Å². The summed E-state index contributed by atoms with van der Waals surface area (Å²) in [5, 5.41) is 5.69. The molecule has 182 valence electrons. The van der Waals surface area contributed by atoms with E-state index in [2.05, 4.69) is 10.6 Å². The number of piperidine rings is 1. The molecule has 2 amide bonds. The Morgan fingerprint density at radius 3 is 2.68 bits per heavy atom. The number of amides is 2. The second-order valence-electron chi connectivity index (χ2n) is 8.48. The molecule has 9 nitrogen and oxygen atoms in total. The average molecular weight is 488 g/mol. The van der Waals surface area contributed by atoms with Crippen molar-refractivity contribution in [2.24, 2.45) is 5.92 Å². The first-order chi connectivity index (χ1) is 16.3. The number of sulfonamides is 1. The van der Waals surface area contributed by atoms with Crippen LogP contribution in [0.1, 0.15) is 31.2 Å². The Hall–Kier alpha value is -3.11. The Kier molecular flexibility index (Phi) is 7.08. The number of ether oxygens (including phenoxy) is 2. The molecule has 10 heteroatoms. The quantitative estimate of drug-likeness (QED) is 0.648. The van der Waals surface area contributed by atoms with E-state index in [0.29, 0.717) is 61.5 Å². The van der Waals surface area contributed by atoms with Crippen molar-refractivity contribution in [1.29, 1.82) is 0 Å². The molecule has 1 saturated heterocycles. The van der Waals surface area contributed by atoms with Gasteiger partial charge in [0.2, 0.25) is 21.8 Å². The van der Waals surface area contributed by atoms with Crippen LogP contribution in [0.5, 0.6) is 11.5 Å². The van der Waals surface area contributed by atoms with E-state index in [4.69, 9.17) is 9.47 Å². The number of benzene rings is 2. The molecule has 0 aromatic heterocycles. The summed E-state index contributed by atoms with van der Waals surface area (Å²) in [6, 6.07) is 9.90. The number of carbonyl (C=O) groups is 2. The molecule has 0 saturated carbocycles. The van der Waals surface area contributed by atoms with Crippen molar-refractivity contribution in [3.8, 4) is 11.5 Å². The minimum atomic E-state index is -3.78. The molecule has 0 radical (unpaired) electrons. The molecule has 1 fully saturated rings. The fourth-order valence-corrected chi connectivity index (χ4v) is 5.95. The van der Waals surface area contributed by atoms with Crippen LogP contribution in [0.3, 0.4) is 0 Å². The van der Waals surface area contributed by atoms with E-state index < -0.39 is 15.9 Å². The lowest BCUT2D eigenvalue weighted by Gasteiger charge is -2.31. The van der Waals surface area contributed by atoms with Crippen molar-refractivity contribution in [2.45, 2.75) is 37.0 Å². The molecular formula is C24H29N3O6S. The van der Waals surface area contributed by atoms with E-state index >= 15 is 0 Å². The van der Waals surface area contributed by atoms with Crippen molar-refractivity contribution < 1.29 is 27.5 Å². The summed E-state index contributed by atoms with van der Waals surface area (Å²) in [4.78, 5) is 25.0. The molecule has 0 unspecified atom stereocenters. The Bertz CT molecular complexity index is 1200. The number of carbonyl (C=O) groups excluding carboxylic acids is 2. The molecular weight excluding hydrogens is 458 g/mol. The van der Waals surface area contributed by atoms with Crippen LogP contribution in [-0.4, -0.2) is 51.8 Å². The van der Waals surface area contributed by atoms with Gasteiger partial charge < -0.3 is 20.1 Å². The molecule has 2 N–H and O–H groups in total. The van der Waals surface area contributed by atoms with Crippen LogP contribution in [0.25, 0.3) is 0 Å². The molecule has 2 aromatic rings. The third-order valence-corrected chi connectivity index (χ3v) is 8.12. The minimum absolute atomic E-state index is 0.0623. The Morgan fingerprint density at radius 2 is 1.91 bits per heavy atom. The fourth-order valence-electron chi connectivity index (χ4n) is 4.37. The summed E-state index contributed by atoms with van der Waals surface area (Å²) in [5.74, 6) is 0.256. The van der Waals surface area contributed by atoms with Gasteiger partial charge in [-0.15, -0.1) is 0 Å². The maximum absolute atomic E-state index is 13.4. The summed E-state index contributed by atoms with van der Waals surface area (Å²) < 4.78 is 38.7. The number of nitrogens with one attached hydrogen (secondary N) is 2. The van der Waals surface area contributed by atoms with Gasteiger partial charge in [-0.1, -0.05) is 0 Å². The van der Waals surface area contributed by atoms with Gasteiger partial charge >= 0.3 is 0 Å². The summed E-state index contributed by atoms with van der Waals surface area (Å²) in [5.41, 5.74) is 1.97. The van der Waals surface area contributed by atoms with E-state index in [1.165, 1.54) is 17.5 Å². The van der Waals surface area contributed by atoms with Crippen molar-refractivity contribution in [3.05, 3.63) is 42.0 Å². The van der Waals surface area contributed by atoms with Gasteiger partial charge in [-0.3, -0.25) is 9.59 Å². The first-order valence-electron chi connectivity index (χ1n) is 11.3. The zero-order valence-electron chi connectivity index (χ0n) is 19.3. The molecule has 0 bridgehead atoms. The van der Waals surface area contributed by atoms with Gasteiger partial charge in [0.1, 0.15) is 11.5 Å². The lowest BCUT2D eigenvalue weighted by atomic mass is 9.98. The zero-order valence-corrected chi connectivity index (χ0v) is 20.1. The summed E-state index contributed by atoms with van der Waals surface area (Å²) in [7, 11) is -0.732. The zero-order chi connectivity index (χ0) is 24.3. The van der Waals surface area contributed by atoms with Crippen LogP contribution in [0.15, 0.2) is 41.3 Å². The molecule has 2 heterocycles. The SMILES string of the molecule is COc1ccc(NC(=O)[C@H]2CCCN(S(=O)(=O)c3ccc4c(c3)CCCC(=O)N4)C2)c(OC)c1. The molecule has 4 rings (SSSR count). The molecule has 2 aliphatic heterocycles. The lowest BCUT2D eigenvalue weighted by Crippen LogP contribution is -2.43. The van der Waals surface area contributed by atoms with Crippen molar-refractivity contribution >= 4 is 33.2 Å². The topological polar surface area (TPSA) is 114 Å². The smallest absolute Gasteiger partial charge is 0.243 e. The molecule has 1 atom stereocenters. The first-order valence-corrected chi connectivity index (χ1v) is 12.7. The molecule has 2 aliphatic rings. The molecule has 2 aromatic carbocycles. The van der Waals surface area contributed by atoms with Gasteiger partial charge in [-0.2, -0.15) is 4.31 Å². The predicted molar refractivity (Wildman–Crippen MR) is 128 cm³/mol. The number of fused-ring (bicyclic) bond motifs is 1. The standard InChI is InChI=1S/C24H29N3O6S/c1-32-18-8-10-21(22(14-18)33-2)26-24(29)17-6-4-12-27(15-17)34(30,31)19-9-11-20-16(13-19)5-3-7-23(28)25-20/h8-11,13-14,17H,3-7,12,15H2,1-2H3,(H,25,28)(H,26,29)/t17-/m0/s1. The third kappa shape index (κ3) is 5.02. The van der Waals surface area contributed by atoms with Crippen molar-refractivity contribution in [3.63, 3.8) is 0 Å². The summed E-state index contributed by atoms with van der Waals surface area (Å²) in [6.07, 6.45) is 2.89. The van der Waals surface area contributed by atoms with Crippen LogP contribution in [0, 0.1) is 5.92 Å². The van der Waals surface area contributed by atoms with Crippen LogP contribution < -0.4 is 20.1 Å². The highest BCUT2D eigenvalue weighted by Crippen LogP contribution is 2.32. The number of rotatable bonds is 6. The highest BCUT2D eigenvalue weighted by molar-refractivity contribution is 7.89. The van der Waals surface area contributed by atoms with Gasteiger partial charge in [0.15, 0.2) is 0 Å². The van der Waals surface area contributed by atoms with Crippen molar-refractivity contribution in [2.75, 3.05) is 37.9 Å². The normalized spacial score (nSPS) is 18.9. The van der Waals surface area contributed by atoms with E-state index in [1.807, 2.05) is 0 Å². The summed E-state index contributed by atoms with van der Waals surface area (Å²) >= 11 is 0. The van der Waals surface area contributed by atoms with Gasteiger partial charge in [0, 0.05) is 31.3 Å². The second-order valence-corrected chi connectivity index (χ2v) is 10.4. The molecule has 0 aliphatic carbocycles. The predicted octanol–water partition coefficient (Wildman–Crippen LogP) is 3.02. The largest absolute Gasteiger partial charge is 0.497 e. The number of anilines is 2. The van der Waals surface area contributed by atoms with Gasteiger partial charge in [-0.05, 0) is 61.6 Å². The van der Waals surface area contributed by atoms with E-state index in [1.54, 1.807) is 37.4 Å². The van der Waals surface area contributed by atoms with Gasteiger partial charge in [0.05, 0.1) is 30.7 Å². The monoisotopic (exact) mass is 487 g/mol. The number of hydrogen-bond donors (Lipinski definition) is 2. The van der Waals surface area contributed by atoms with E-state index in [-0.39, 0.29) is 23.3 Å². The minimum Gasteiger partial charge on any atom is -0.497 e. The number of hydrogen-bond acceptors (Lipinski definition) is 6. The van der Waals surface area contributed by atoms with E-state index in [9.17, 15) is 18.0 Å². The Balaban J connectivity index is 1.49. The number of aryl methyl sites for hydroxylation is 1. The molecule has 0 spiro atoms. The van der Waals surface area contributed by atoms with Gasteiger partial charge in [-0.25, -0.2) is 8.42 Å². The highest BCUT2D eigenvalue weighted by atomic mass is 32.2. The fraction of sp³-hybridized carbons (Fsp3) is 0.417. The lowest BCUT2D eigenvalue weighted by molar-refractivity contribution is -0.121. The van der Waals surface area contributed by atoms with Crippen LogP contribution in [-0.2, 0) is 26.0 Å². The maximum atomic E-state index is 13.4. The number of methoxy groups -OCH3 is 2. The van der Waals surface area contributed by atoms with E-state index in [0.717, 1.165) is 5.56 Å². The maximum Gasteiger partial charge on any atom is 0.243 e. The number of nitrogens with zero attached hydrogens (tertiary/aromatic N) is 1. The third-order valence-electron chi connectivity index (χ3n) is 6.26. The highest BCUT2D eigenvalue weighted by Gasteiger charge is 2.34.